The molecule has 0 aromatic carbocycles. The van der Waals surface area contributed by atoms with Gasteiger partial charge in [-0.3, -0.25) is 10.3 Å². The quantitative estimate of drug-likeness (QED) is 0.714. The van der Waals surface area contributed by atoms with Crippen molar-refractivity contribution in [3.8, 4) is 0 Å². The van der Waals surface area contributed by atoms with Gasteiger partial charge >= 0.3 is 6.09 Å². The van der Waals surface area contributed by atoms with Crippen LogP contribution >= 0.6 is 0 Å². The second-order valence-corrected chi connectivity index (χ2v) is 3.86. The highest BCUT2D eigenvalue weighted by Gasteiger charge is 2.55. The van der Waals surface area contributed by atoms with Gasteiger partial charge < -0.3 is 9.84 Å². The summed E-state index contributed by atoms with van der Waals surface area (Å²) in [6.07, 6.45) is 2.55. The maximum atomic E-state index is 11.1. The van der Waals surface area contributed by atoms with E-state index in [1.165, 1.54) is 6.92 Å². The van der Waals surface area contributed by atoms with E-state index in [0.29, 0.717) is 5.56 Å². The van der Waals surface area contributed by atoms with E-state index in [-0.39, 0.29) is 0 Å². The number of amides is 1. The number of ether oxygens (including phenoxy) is 1. The molecule has 1 saturated heterocycles. The molecule has 1 aliphatic rings. The molecule has 2 heterocycles. The minimum atomic E-state index is -1.44. The molecule has 2 N–H and O–H groups in total. The molecule has 1 aliphatic heterocycles. The van der Waals surface area contributed by atoms with Gasteiger partial charge in [0.15, 0.2) is 11.3 Å². The third kappa shape index (κ3) is 1.35. The Bertz CT molecular complexity index is 391. The van der Waals surface area contributed by atoms with Gasteiger partial charge in [0.2, 0.25) is 0 Å². The van der Waals surface area contributed by atoms with Gasteiger partial charge in [-0.2, -0.15) is 0 Å². The lowest BCUT2D eigenvalue weighted by Gasteiger charge is -2.32. The first-order valence-electron chi connectivity index (χ1n) is 4.60. The molecule has 2 atom stereocenters. The van der Waals surface area contributed by atoms with Crippen LogP contribution in [0.5, 0.6) is 0 Å². The molecule has 1 fully saturated rings. The van der Waals surface area contributed by atoms with Crippen molar-refractivity contribution in [1.29, 1.82) is 0 Å². The van der Waals surface area contributed by atoms with E-state index in [2.05, 4.69) is 10.3 Å². The van der Waals surface area contributed by atoms with E-state index < -0.39 is 17.4 Å². The number of rotatable bonds is 1. The average Bonchev–Trinajstić information content (AvgIpc) is 2.38. The standard InChI is InChI=1S/C10H12N2O3/c1-9(7-4-3-5-11-6-7)10(2,14)12-8(13)15-9/h3-6,14H,1-2H3,(H,12,13). The summed E-state index contributed by atoms with van der Waals surface area (Å²) in [5.74, 6) is 0. The Kier molecular flexibility index (Phi) is 1.94. The molecular formula is C10H12N2O3. The fraction of sp³-hybridized carbons (Fsp3) is 0.400. The number of nitrogens with one attached hydrogen (secondary N) is 1. The summed E-state index contributed by atoms with van der Waals surface area (Å²) >= 11 is 0. The molecule has 5 nitrogen and oxygen atoms in total. The molecule has 0 spiro atoms. The Morgan fingerprint density at radius 1 is 1.53 bits per heavy atom. The molecule has 0 aliphatic carbocycles. The monoisotopic (exact) mass is 208 g/mol. The van der Waals surface area contributed by atoms with Gasteiger partial charge in [-0.15, -0.1) is 0 Å². The highest BCUT2D eigenvalue weighted by atomic mass is 16.6. The number of cyclic esters (lactones) is 1. The van der Waals surface area contributed by atoms with E-state index in [1.807, 2.05) is 0 Å². The Morgan fingerprint density at radius 3 is 2.73 bits per heavy atom. The van der Waals surface area contributed by atoms with Crippen LogP contribution in [-0.4, -0.2) is 21.9 Å². The van der Waals surface area contributed by atoms with Crippen LogP contribution in [0.2, 0.25) is 0 Å². The number of alkyl carbamates (subject to hydrolysis) is 1. The van der Waals surface area contributed by atoms with Crippen molar-refractivity contribution in [2.24, 2.45) is 0 Å². The Morgan fingerprint density at radius 2 is 2.27 bits per heavy atom. The first-order valence-corrected chi connectivity index (χ1v) is 4.60. The van der Waals surface area contributed by atoms with E-state index in [9.17, 15) is 9.90 Å². The predicted octanol–water partition coefficient (Wildman–Crippen LogP) is 0.745. The second kappa shape index (κ2) is 2.93. The Balaban J connectivity index is 2.47. The largest absolute Gasteiger partial charge is 0.433 e. The Hall–Kier alpha value is -1.62. The minimum Gasteiger partial charge on any atom is -0.433 e. The first-order chi connectivity index (χ1) is 6.96. The number of aromatic nitrogens is 1. The number of hydrogen-bond donors (Lipinski definition) is 2. The van der Waals surface area contributed by atoms with Crippen LogP contribution in [0.25, 0.3) is 0 Å². The molecule has 0 radical (unpaired) electrons. The Labute approximate surface area is 87.1 Å². The van der Waals surface area contributed by atoms with Crippen LogP contribution < -0.4 is 5.32 Å². The summed E-state index contributed by atoms with van der Waals surface area (Å²) < 4.78 is 5.11. The number of aliphatic hydroxyl groups is 1. The zero-order valence-corrected chi connectivity index (χ0v) is 8.52. The van der Waals surface area contributed by atoms with Crippen molar-refractivity contribution < 1.29 is 14.6 Å². The molecule has 15 heavy (non-hydrogen) atoms. The third-order valence-electron chi connectivity index (χ3n) is 2.78. The summed E-state index contributed by atoms with van der Waals surface area (Å²) in [6, 6.07) is 3.48. The van der Waals surface area contributed by atoms with Crippen LogP contribution in [0.1, 0.15) is 19.4 Å². The number of nitrogens with zero attached hydrogens (tertiary/aromatic N) is 1. The smallest absolute Gasteiger partial charge is 0.410 e. The number of pyridine rings is 1. The molecule has 80 valence electrons. The van der Waals surface area contributed by atoms with Gasteiger partial charge in [-0.05, 0) is 19.9 Å². The van der Waals surface area contributed by atoms with E-state index >= 15 is 0 Å². The van der Waals surface area contributed by atoms with Crippen molar-refractivity contribution in [1.82, 2.24) is 10.3 Å². The fourth-order valence-corrected chi connectivity index (χ4v) is 1.61. The summed E-state index contributed by atoms with van der Waals surface area (Å²) in [6.45, 7) is 3.13. The van der Waals surface area contributed by atoms with Gasteiger partial charge in [0, 0.05) is 18.0 Å². The van der Waals surface area contributed by atoms with E-state index in [1.54, 1.807) is 31.5 Å². The molecule has 1 aromatic heterocycles. The van der Waals surface area contributed by atoms with E-state index in [0.717, 1.165) is 0 Å². The zero-order valence-electron chi connectivity index (χ0n) is 8.52. The van der Waals surface area contributed by atoms with E-state index in [4.69, 9.17) is 4.74 Å². The zero-order chi connectivity index (χ0) is 11.1. The molecular weight excluding hydrogens is 196 g/mol. The summed E-state index contributed by atoms with van der Waals surface area (Å²) in [7, 11) is 0. The number of hydrogen-bond acceptors (Lipinski definition) is 4. The summed E-state index contributed by atoms with van der Waals surface area (Å²) in [4.78, 5) is 15.1. The molecule has 0 saturated carbocycles. The summed E-state index contributed by atoms with van der Waals surface area (Å²) in [5.41, 5.74) is -1.90. The molecule has 0 bridgehead atoms. The van der Waals surface area contributed by atoms with Crippen molar-refractivity contribution in [2.45, 2.75) is 25.2 Å². The molecule has 1 amide bonds. The van der Waals surface area contributed by atoms with Gasteiger partial charge in [0.25, 0.3) is 0 Å². The molecule has 2 rings (SSSR count). The van der Waals surface area contributed by atoms with Crippen molar-refractivity contribution in [3.05, 3.63) is 30.1 Å². The maximum absolute atomic E-state index is 11.1. The lowest BCUT2D eigenvalue weighted by Crippen LogP contribution is -2.51. The lowest BCUT2D eigenvalue weighted by molar-refractivity contribution is -0.0990. The molecule has 1 aromatic rings. The highest BCUT2D eigenvalue weighted by molar-refractivity contribution is 5.72. The average molecular weight is 208 g/mol. The van der Waals surface area contributed by atoms with Gasteiger partial charge in [0.05, 0.1) is 0 Å². The second-order valence-electron chi connectivity index (χ2n) is 3.86. The van der Waals surface area contributed by atoms with Crippen LogP contribution in [-0.2, 0) is 10.3 Å². The van der Waals surface area contributed by atoms with Crippen LogP contribution in [0, 0.1) is 0 Å². The molecule has 5 heteroatoms. The summed E-state index contributed by atoms with van der Waals surface area (Å²) in [5, 5.41) is 12.4. The SMILES string of the molecule is CC1(O)NC(=O)OC1(C)c1cccnc1. The normalized spacial score (nSPS) is 34.7. The predicted molar refractivity (Wildman–Crippen MR) is 51.8 cm³/mol. The lowest BCUT2D eigenvalue weighted by atomic mass is 9.88. The van der Waals surface area contributed by atoms with Crippen LogP contribution in [0.4, 0.5) is 4.79 Å². The van der Waals surface area contributed by atoms with Gasteiger partial charge in [-0.25, -0.2) is 4.79 Å². The number of carbonyl (C=O) groups is 1. The highest BCUT2D eigenvalue weighted by Crippen LogP contribution is 2.38. The topological polar surface area (TPSA) is 71.5 Å². The number of carbonyl (C=O) groups excluding carboxylic acids is 1. The molecule has 2 unspecified atom stereocenters. The van der Waals surface area contributed by atoms with Crippen molar-refractivity contribution in [2.75, 3.05) is 0 Å². The fourth-order valence-electron chi connectivity index (χ4n) is 1.61. The maximum Gasteiger partial charge on any atom is 0.410 e. The van der Waals surface area contributed by atoms with Crippen molar-refractivity contribution in [3.63, 3.8) is 0 Å². The van der Waals surface area contributed by atoms with Crippen LogP contribution in [0.15, 0.2) is 24.5 Å². The van der Waals surface area contributed by atoms with Gasteiger partial charge in [-0.1, -0.05) is 6.07 Å². The third-order valence-corrected chi connectivity index (χ3v) is 2.78. The van der Waals surface area contributed by atoms with Crippen molar-refractivity contribution >= 4 is 6.09 Å². The van der Waals surface area contributed by atoms with Gasteiger partial charge in [0.1, 0.15) is 0 Å². The first kappa shape index (κ1) is 9.92. The minimum absolute atomic E-state index is 0.633. The van der Waals surface area contributed by atoms with Crippen LogP contribution in [0.3, 0.4) is 0 Å².